The van der Waals surface area contributed by atoms with Gasteiger partial charge in [0, 0.05) is 6.04 Å². The summed E-state index contributed by atoms with van der Waals surface area (Å²) in [5, 5.41) is 11.2. The van der Waals surface area contributed by atoms with Crippen LogP contribution in [0.25, 0.3) is 0 Å². The van der Waals surface area contributed by atoms with Gasteiger partial charge in [-0.05, 0) is 25.7 Å². The first-order chi connectivity index (χ1) is 7.66. The van der Waals surface area contributed by atoms with Crippen molar-refractivity contribution < 1.29 is 4.42 Å². The van der Waals surface area contributed by atoms with E-state index in [9.17, 15) is 0 Å². The second kappa shape index (κ2) is 4.82. The number of anilines is 1. The second-order valence-electron chi connectivity index (χ2n) is 4.75. The smallest absolute Gasteiger partial charge is 0.315 e. The Morgan fingerprint density at radius 3 is 2.75 bits per heavy atom. The van der Waals surface area contributed by atoms with Crippen molar-refractivity contribution in [1.82, 2.24) is 10.2 Å². The zero-order valence-corrected chi connectivity index (χ0v) is 9.94. The quantitative estimate of drug-likeness (QED) is 0.822. The van der Waals surface area contributed by atoms with Crippen LogP contribution in [0.4, 0.5) is 6.01 Å². The Morgan fingerprint density at radius 2 is 2.12 bits per heavy atom. The molecule has 0 aromatic carbocycles. The Kier molecular flexibility index (Phi) is 3.43. The molecule has 1 aliphatic rings. The molecule has 5 heteroatoms. The van der Waals surface area contributed by atoms with Gasteiger partial charge in [-0.25, -0.2) is 0 Å². The lowest BCUT2D eigenvalue weighted by atomic mass is 9.86. The van der Waals surface area contributed by atoms with Crippen LogP contribution in [0.2, 0.25) is 0 Å². The molecule has 0 aliphatic heterocycles. The summed E-state index contributed by atoms with van der Waals surface area (Å²) in [7, 11) is 0. The summed E-state index contributed by atoms with van der Waals surface area (Å²) in [6, 6.07) is 0.757. The van der Waals surface area contributed by atoms with Crippen LogP contribution in [0, 0.1) is 5.92 Å². The van der Waals surface area contributed by atoms with Crippen LogP contribution in [0.1, 0.15) is 51.5 Å². The molecule has 0 bridgehead atoms. The highest BCUT2D eigenvalue weighted by Gasteiger charge is 2.23. The maximum atomic E-state index is 5.66. The molecule has 1 aromatic heterocycles. The van der Waals surface area contributed by atoms with Gasteiger partial charge in [0.15, 0.2) is 0 Å². The second-order valence-corrected chi connectivity index (χ2v) is 4.75. The normalized spacial score (nSPS) is 27.7. The van der Waals surface area contributed by atoms with Crippen molar-refractivity contribution in [2.24, 2.45) is 11.7 Å². The Labute approximate surface area is 95.8 Å². The molecular formula is C11H20N4O. The van der Waals surface area contributed by atoms with Gasteiger partial charge in [0.1, 0.15) is 0 Å². The van der Waals surface area contributed by atoms with Gasteiger partial charge in [-0.2, -0.15) is 0 Å². The van der Waals surface area contributed by atoms with E-state index in [2.05, 4.69) is 22.4 Å². The molecule has 1 saturated carbocycles. The largest absolute Gasteiger partial charge is 0.406 e. The number of nitrogens with two attached hydrogens (primary N) is 1. The molecule has 3 unspecified atom stereocenters. The fourth-order valence-electron chi connectivity index (χ4n) is 2.17. The summed E-state index contributed by atoms with van der Waals surface area (Å²) in [5.74, 6) is 1.16. The molecule has 90 valence electrons. The minimum Gasteiger partial charge on any atom is -0.406 e. The van der Waals surface area contributed by atoms with Gasteiger partial charge in [-0.1, -0.05) is 24.9 Å². The molecule has 0 radical (unpaired) electrons. The van der Waals surface area contributed by atoms with Crippen molar-refractivity contribution in [2.75, 3.05) is 5.32 Å². The topological polar surface area (TPSA) is 77.0 Å². The van der Waals surface area contributed by atoms with E-state index in [0.717, 1.165) is 0 Å². The van der Waals surface area contributed by atoms with E-state index in [1.165, 1.54) is 25.7 Å². The average molecular weight is 224 g/mol. The van der Waals surface area contributed by atoms with Crippen LogP contribution < -0.4 is 11.1 Å². The van der Waals surface area contributed by atoms with Crippen molar-refractivity contribution in [3.63, 3.8) is 0 Å². The van der Waals surface area contributed by atoms with Crippen LogP contribution in [0.5, 0.6) is 0 Å². The van der Waals surface area contributed by atoms with Gasteiger partial charge in [0.05, 0.1) is 6.04 Å². The SMILES string of the molecule is CC(N)c1nnc(NC2CCCCC2C)o1. The molecular weight excluding hydrogens is 204 g/mol. The summed E-state index contributed by atoms with van der Waals surface area (Å²) in [6.07, 6.45) is 5.05. The Hall–Kier alpha value is -1.10. The van der Waals surface area contributed by atoms with E-state index in [-0.39, 0.29) is 6.04 Å². The summed E-state index contributed by atoms with van der Waals surface area (Å²) in [4.78, 5) is 0. The van der Waals surface area contributed by atoms with Crippen molar-refractivity contribution >= 4 is 6.01 Å². The fraction of sp³-hybridized carbons (Fsp3) is 0.818. The zero-order valence-electron chi connectivity index (χ0n) is 9.94. The van der Waals surface area contributed by atoms with Crippen molar-refractivity contribution in [1.29, 1.82) is 0 Å². The lowest BCUT2D eigenvalue weighted by Crippen LogP contribution is -2.30. The highest BCUT2D eigenvalue weighted by atomic mass is 16.4. The van der Waals surface area contributed by atoms with Crippen LogP contribution in [-0.4, -0.2) is 16.2 Å². The molecule has 3 atom stereocenters. The van der Waals surface area contributed by atoms with Gasteiger partial charge in [0.25, 0.3) is 0 Å². The zero-order chi connectivity index (χ0) is 11.5. The molecule has 1 fully saturated rings. The third kappa shape index (κ3) is 2.52. The third-order valence-electron chi connectivity index (χ3n) is 3.25. The van der Waals surface area contributed by atoms with Crippen molar-refractivity contribution in [3.05, 3.63) is 5.89 Å². The van der Waals surface area contributed by atoms with E-state index >= 15 is 0 Å². The number of nitrogens with zero attached hydrogens (tertiary/aromatic N) is 2. The summed E-state index contributed by atoms with van der Waals surface area (Å²) in [6.45, 7) is 4.10. The lowest BCUT2D eigenvalue weighted by molar-refractivity contribution is 0.341. The average Bonchev–Trinajstić information content (AvgIpc) is 2.70. The van der Waals surface area contributed by atoms with Crippen LogP contribution >= 0.6 is 0 Å². The number of rotatable bonds is 3. The molecule has 5 nitrogen and oxygen atoms in total. The van der Waals surface area contributed by atoms with Crippen molar-refractivity contribution in [2.45, 2.75) is 51.6 Å². The number of hydrogen-bond donors (Lipinski definition) is 2. The van der Waals surface area contributed by atoms with Gasteiger partial charge in [-0.3, -0.25) is 0 Å². The minimum absolute atomic E-state index is 0.202. The van der Waals surface area contributed by atoms with E-state index in [4.69, 9.17) is 10.2 Å². The predicted molar refractivity (Wildman–Crippen MR) is 61.9 cm³/mol. The first-order valence-corrected chi connectivity index (χ1v) is 6.02. The van der Waals surface area contributed by atoms with Gasteiger partial charge >= 0.3 is 6.01 Å². The maximum Gasteiger partial charge on any atom is 0.315 e. The predicted octanol–water partition coefficient (Wildman–Crippen LogP) is 2.08. The number of hydrogen-bond acceptors (Lipinski definition) is 5. The Balaban J connectivity index is 1.97. The molecule has 1 aliphatic carbocycles. The Bertz CT molecular complexity index is 336. The Morgan fingerprint density at radius 1 is 1.38 bits per heavy atom. The van der Waals surface area contributed by atoms with Crippen LogP contribution in [-0.2, 0) is 0 Å². The monoisotopic (exact) mass is 224 g/mol. The molecule has 0 spiro atoms. The highest BCUT2D eigenvalue weighted by Crippen LogP contribution is 2.26. The minimum atomic E-state index is -0.202. The fourth-order valence-corrected chi connectivity index (χ4v) is 2.17. The third-order valence-corrected chi connectivity index (χ3v) is 3.25. The molecule has 0 saturated heterocycles. The molecule has 2 rings (SSSR count). The first kappa shape index (κ1) is 11.4. The number of nitrogens with one attached hydrogen (secondary N) is 1. The van der Waals surface area contributed by atoms with E-state index in [1.54, 1.807) is 0 Å². The lowest BCUT2D eigenvalue weighted by Gasteiger charge is -2.28. The van der Waals surface area contributed by atoms with Crippen LogP contribution in [0.15, 0.2) is 4.42 Å². The molecule has 1 heterocycles. The standard InChI is InChI=1S/C11H20N4O/c1-7-5-3-4-6-9(7)13-11-15-14-10(16-11)8(2)12/h7-9H,3-6,12H2,1-2H3,(H,13,15). The molecule has 16 heavy (non-hydrogen) atoms. The van der Waals surface area contributed by atoms with Crippen molar-refractivity contribution in [3.8, 4) is 0 Å². The maximum absolute atomic E-state index is 5.66. The first-order valence-electron chi connectivity index (χ1n) is 6.02. The van der Waals surface area contributed by atoms with Gasteiger partial charge in [0.2, 0.25) is 5.89 Å². The van der Waals surface area contributed by atoms with Gasteiger partial charge in [-0.15, -0.1) is 5.10 Å². The molecule has 0 amide bonds. The van der Waals surface area contributed by atoms with E-state index in [1.807, 2.05) is 6.92 Å². The van der Waals surface area contributed by atoms with E-state index < -0.39 is 0 Å². The highest BCUT2D eigenvalue weighted by molar-refractivity contribution is 5.20. The molecule has 3 N–H and O–H groups in total. The summed E-state index contributed by atoms with van der Waals surface area (Å²) < 4.78 is 5.44. The summed E-state index contributed by atoms with van der Waals surface area (Å²) in [5.41, 5.74) is 5.66. The van der Waals surface area contributed by atoms with Gasteiger partial charge < -0.3 is 15.5 Å². The van der Waals surface area contributed by atoms with E-state index in [0.29, 0.717) is 23.9 Å². The van der Waals surface area contributed by atoms with Crippen LogP contribution in [0.3, 0.4) is 0 Å². The molecule has 1 aromatic rings. The number of aromatic nitrogens is 2. The summed E-state index contributed by atoms with van der Waals surface area (Å²) >= 11 is 0.